The first-order valence-corrected chi connectivity index (χ1v) is 47.4. The SMILES string of the molecule is C.C1CCN(C2CCNCC2)CC1.CCCCOc1ccc(S(=O)(=O)c2cnc3ccc(S(C)(=O)=O)cc3c2Cl)cc1.CCCCOc1ccc(S(=O)(=O)c2cnc3ccc(S(C)(=O)=O)cc3c2N2CCC(N3CCCCC3)CC2)cc1.CCCCOc1ccc(S(=O)(=O)c2cnc3ccc(SC)cc3c2Cl)cc1. The molecule has 0 atom stereocenters. The number of likely N-dealkylation sites (tertiary alicyclic amines) is 2. The summed E-state index contributed by atoms with van der Waals surface area (Å²) in [5.74, 6) is 1.86. The molecule has 4 saturated heterocycles. The van der Waals surface area contributed by atoms with Gasteiger partial charge in [0.1, 0.15) is 31.9 Å². The zero-order valence-electron chi connectivity index (χ0n) is 62.3. The second-order valence-electron chi connectivity index (χ2n) is 27.6. The van der Waals surface area contributed by atoms with Crippen molar-refractivity contribution in [2.24, 2.45) is 0 Å². The summed E-state index contributed by atoms with van der Waals surface area (Å²) in [5.41, 5.74) is 2.17. The summed E-state index contributed by atoms with van der Waals surface area (Å²) in [6, 6.07) is 35.0. The number of unbranched alkanes of at least 4 members (excludes halogenated alkanes) is 3. The predicted octanol–water partition coefficient (Wildman–Crippen LogP) is 16.9. The number of rotatable bonds is 24. The number of anilines is 1. The van der Waals surface area contributed by atoms with Crippen LogP contribution in [0.4, 0.5) is 5.69 Å². The zero-order chi connectivity index (χ0) is 77.2. The molecule has 590 valence electrons. The molecule has 109 heavy (non-hydrogen) atoms. The highest BCUT2D eigenvalue weighted by Gasteiger charge is 2.33. The number of ether oxygens (including phenoxy) is 3. The van der Waals surface area contributed by atoms with E-state index < -0.39 is 49.2 Å². The van der Waals surface area contributed by atoms with Gasteiger partial charge in [-0.3, -0.25) is 15.0 Å². The summed E-state index contributed by atoms with van der Waals surface area (Å²) in [4.78, 5) is 21.8. The highest BCUT2D eigenvalue weighted by atomic mass is 35.5. The molecule has 9 aromatic rings. The Morgan fingerprint density at radius 1 is 0.431 bits per heavy atom. The standard InChI is InChI=1S/C30H39N3O5S2.C20H20ClNO5S2.C20H20ClNO3S2.C10H20N2.CH4/c1-3-4-20-38-24-8-10-25(11-9-24)40(36,37)29-22-31-28-13-12-26(39(2,34)35)21-27(28)30(29)33-18-14-23(15-19-33)32-16-6-5-7-17-32;1-3-4-11-27-14-5-7-15(8-6-14)29(25,26)19-13-22-18-10-9-16(28(2,23)24)12-17(18)20(19)21;1-3-4-11-25-14-5-8-16(9-6-14)27(23,24)19-13-22-18-10-7-15(26-2)12-17(18)20(19)21;1-2-8-12(9-3-1)10-4-6-11-7-5-10;/h8-13,21-23H,3-7,14-20H2,1-2H3;5-10,12-13H,3-4,11H2,1-2H3;5-10,12-13H,3-4,11H2,1-2H3;10-11H,1-9H2;1H4. The second-order valence-corrected chi connectivity index (χ2v) is 39.0. The van der Waals surface area contributed by atoms with Crippen LogP contribution in [0.1, 0.15) is 131 Å². The molecule has 20 nitrogen and oxygen atoms in total. The van der Waals surface area contributed by atoms with E-state index in [0.717, 1.165) is 87.9 Å². The maximum Gasteiger partial charge on any atom is 0.210 e. The second kappa shape index (κ2) is 39.7. The molecule has 0 spiro atoms. The molecule has 0 radical (unpaired) electrons. The van der Waals surface area contributed by atoms with Crippen molar-refractivity contribution in [3.63, 3.8) is 0 Å². The van der Waals surface area contributed by atoms with Gasteiger partial charge in [0.05, 0.1) is 76.6 Å². The minimum absolute atomic E-state index is 0. The van der Waals surface area contributed by atoms with Crippen LogP contribution >= 0.6 is 35.0 Å². The smallest absolute Gasteiger partial charge is 0.210 e. The number of benzene rings is 6. The van der Waals surface area contributed by atoms with E-state index in [1.54, 1.807) is 72.4 Å². The van der Waals surface area contributed by atoms with Crippen molar-refractivity contribution in [1.29, 1.82) is 0 Å². The average Bonchev–Trinajstić information content (AvgIpc) is 0.748. The number of sulfone groups is 5. The molecule has 3 aromatic heterocycles. The maximum absolute atomic E-state index is 14.1. The first-order valence-electron chi connectivity index (χ1n) is 37.2. The Hall–Kier alpha value is -6.69. The van der Waals surface area contributed by atoms with Gasteiger partial charge in [-0.15, -0.1) is 11.8 Å². The Morgan fingerprint density at radius 2 is 0.771 bits per heavy atom. The van der Waals surface area contributed by atoms with Gasteiger partial charge in [-0.2, -0.15) is 0 Å². The number of hydrogen-bond donors (Lipinski definition) is 1. The molecule has 0 bridgehead atoms. The van der Waals surface area contributed by atoms with Crippen molar-refractivity contribution in [1.82, 2.24) is 30.1 Å². The molecule has 6 aromatic carbocycles. The maximum atomic E-state index is 14.1. The highest BCUT2D eigenvalue weighted by molar-refractivity contribution is 7.98. The van der Waals surface area contributed by atoms with E-state index in [0.29, 0.717) is 89.2 Å². The lowest BCUT2D eigenvalue weighted by molar-refractivity contribution is 0.136. The number of aromatic nitrogens is 3. The van der Waals surface area contributed by atoms with Crippen LogP contribution in [0, 0.1) is 0 Å². The van der Waals surface area contributed by atoms with Crippen LogP contribution in [0.15, 0.2) is 190 Å². The number of nitrogens with one attached hydrogen (secondary N) is 1. The lowest BCUT2D eigenvalue weighted by Crippen LogP contribution is -2.47. The van der Waals surface area contributed by atoms with Crippen molar-refractivity contribution < 1.29 is 56.3 Å². The molecule has 0 amide bonds. The van der Waals surface area contributed by atoms with Crippen LogP contribution in [-0.4, -0.2) is 170 Å². The van der Waals surface area contributed by atoms with Crippen molar-refractivity contribution in [2.75, 3.05) is 95.8 Å². The fourth-order valence-electron chi connectivity index (χ4n) is 13.6. The summed E-state index contributed by atoms with van der Waals surface area (Å²) in [7, 11) is -18.7. The number of pyridine rings is 3. The van der Waals surface area contributed by atoms with Gasteiger partial charge >= 0.3 is 0 Å². The molecule has 4 fully saturated rings. The van der Waals surface area contributed by atoms with Crippen molar-refractivity contribution >= 4 is 123 Å². The first-order chi connectivity index (χ1) is 51.8. The molecule has 13 rings (SSSR count). The zero-order valence-corrected chi connectivity index (χ0v) is 68.7. The third-order valence-electron chi connectivity index (χ3n) is 19.8. The van der Waals surface area contributed by atoms with E-state index in [1.165, 1.54) is 145 Å². The molecule has 7 heterocycles. The van der Waals surface area contributed by atoms with Crippen LogP contribution in [-0.2, 0) is 49.2 Å². The molecule has 4 aliphatic rings. The molecule has 0 unspecified atom stereocenters. The molecule has 4 aliphatic heterocycles. The van der Waals surface area contributed by atoms with E-state index >= 15 is 0 Å². The summed E-state index contributed by atoms with van der Waals surface area (Å²) in [6.07, 6.45) is 26.7. The Labute approximate surface area is 660 Å². The van der Waals surface area contributed by atoms with Gasteiger partial charge < -0.3 is 34.2 Å². The third kappa shape index (κ3) is 22.2. The van der Waals surface area contributed by atoms with Crippen molar-refractivity contribution in [2.45, 2.75) is 187 Å². The summed E-state index contributed by atoms with van der Waals surface area (Å²) < 4.78 is 146. The average molecular weight is 1650 g/mol. The Kier molecular flexibility index (Phi) is 31.4. The predicted molar refractivity (Wildman–Crippen MR) is 439 cm³/mol. The Bertz CT molecular complexity index is 5110. The van der Waals surface area contributed by atoms with Crippen LogP contribution in [0.3, 0.4) is 0 Å². The van der Waals surface area contributed by atoms with E-state index in [9.17, 15) is 42.1 Å². The van der Waals surface area contributed by atoms with Gasteiger partial charge in [0.15, 0.2) is 19.7 Å². The van der Waals surface area contributed by atoms with Crippen molar-refractivity contribution in [3.05, 3.63) is 156 Å². The van der Waals surface area contributed by atoms with Gasteiger partial charge in [0, 0.05) is 77.3 Å². The van der Waals surface area contributed by atoms with Gasteiger partial charge in [-0.1, -0.05) is 83.5 Å². The lowest BCUT2D eigenvalue weighted by Gasteiger charge is -2.41. The van der Waals surface area contributed by atoms with Gasteiger partial charge in [0.2, 0.25) is 29.5 Å². The van der Waals surface area contributed by atoms with Crippen molar-refractivity contribution in [3.8, 4) is 17.2 Å². The van der Waals surface area contributed by atoms with Gasteiger partial charge in [-0.25, -0.2) is 42.1 Å². The molecular weight excluding hydrogens is 1540 g/mol. The number of halogens is 2. The minimum Gasteiger partial charge on any atom is -0.494 e. The molecular formula is C81H103Cl2N7O13S6. The van der Waals surface area contributed by atoms with Crippen LogP contribution in [0.25, 0.3) is 32.7 Å². The fourth-order valence-corrected chi connectivity index (χ4v) is 20.3. The monoisotopic (exact) mass is 1640 g/mol. The van der Waals surface area contributed by atoms with Crippen LogP contribution in [0.5, 0.6) is 17.2 Å². The number of nitrogens with zero attached hydrogens (tertiary/aromatic N) is 6. The first kappa shape index (κ1) is 86.3. The fraction of sp³-hybridized carbons (Fsp3) is 0.444. The van der Waals surface area contributed by atoms with Crippen LogP contribution < -0.4 is 24.4 Å². The number of fused-ring (bicyclic) bond motifs is 3. The topological polar surface area (TPSA) is 259 Å². The molecule has 0 saturated carbocycles. The minimum atomic E-state index is -3.95. The summed E-state index contributed by atoms with van der Waals surface area (Å²) in [5, 5.41) is 4.98. The molecule has 0 aliphatic carbocycles. The Morgan fingerprint density at radius 3 is 1.16 bits per heavy atom. The number of thioether (sulfide) groups is 1. The van der Waals surface area contributed by atoms with Crippen LogP contribution in [0.2, 0.25) is 10.0 Å². The molecule has 1 N–H and O–H groups in total. The van der Waals surface area contributed by atoms with E-state index in [1.807, 2.05) is 24.5 Å². The summed E-state index contributed by atoms with van der Waals surface area (Å²) in [6.45, 7) is 16.8. The van der Waals surface area contributed by atoms with E-state index in [4.69, 9.17) is 37.4 Å². The summed E-state index contributed by atoms with van der Waals surface area (Å²) >= 11 is 14.4. The normalized spacial score (nSPS) is 15.9. The third-order valence-corrected chi connectivity index (χ3v) is 29.1. The Balaban J connectivity index is 0.000000177. The highest BCUT2D eigenvalue weighted by Crippen LogP contribution is 2.41. The van der Waals surface area contributed by atoms with E-state index in [2.05, 4.69) is 55.7 Å². The van der Waals surface area contributed by atoms with Gasteiger partial charge in [0.25, 0.3) is 0 Å². The number of piperidine rings is 4. The lowest BCUT2D eigenvalue weighted by atomic mass is 9.99. The molecule has 28 heteroatoms. The van der Waals surface area contributed by atoms with Gasteiger partial charge in [-0.05, 0) is 244 Å². The number of hydrogen-bond acceptors (Lipinski definition) is 21. The largest absolute Gasteiger partial charge is 0.494 e. The quantitative estimate of drug-likeness (QED) is 0.0435. The van der Waals surface area contributed by atoms with E-state index in [-0.39, 0.29) is 62.0 Å².